The third-order valence-electron chi connectivity index (χ3n) is 3.23. The van der Waals surface area contributed by atoms with Crippen LogP contribution in [0.5, 0.6) is 11.5 Å². The molecule has 1 heterocycles. The van der Waals surface area contributed by atoms with Gasteiger partial charge in [0.2, 0.25) is 5.91 Å². The summed E-state index contributed by atoms with van der Waals surface area (Å²) in [6, 6.07) is 16.8. The van der Waals surface area contributed by atoms with Crippen LogP contribution in [0.25, 0.3) is 11.1 Å². The van der Waals surface area contributed by atoms with Gasteiger partial charge in [0.15, 0.2) is 0 Å². The average molecular weight is 305 g/mol. The summed E-state index contributed by atoms with van der Waals surface area (Å²) in [7, 11) is 0. The van der Waals surface area contributed by atoms with Gasteiger partial charge in [-0.2, -0.15) is 0 Å². The number of carbonyl (C=O) groups is 1. The van der Waals surface area contributed by atoms with Crippen LogP contribution >= 0.6 is 0 Å². The van der Waals surface area contributed by atoms with Crippen molar-refractivity contribution in [3.8, 4) is 22.6 Å². The number of hydrogen-bond donors (Lipinski definition) is 1. The molecule has 0 atom stereocenters. The summed E-state index contributed by atoms with van der Waals surface area (Å²) < 4.78 is 10.9. The van der Waals surface area contributed by atoms with Gasteiger partial charge in [0.25, 0.3) is 0 Å². The van der Waals surface area contributed by atoms with E-state index in [2.05, 4.69) is 11.9 Å². The van der Waals surface area contributed by atoms with Crippen molar-refractivity contribution >= 4 is 11.6 Å². The van der Waals surface area contributed by atoms with E-state index in [9.17, 15) is 4.79 Å². The Balaban J connectivity index is 1.73. The molecule has 0 aliphatic heterocycles. The van der Waals surface area contributed by atoms with Gasteiger partial charge in [0, 0.05) is 11.3 Å². The van der Waals surface area contributed by atoms with Gasteiger partial charge >= 0.3 is 0 Å². The van der Waals surface area contributed by atoms with Gasteiger partial charge in [-0.05, 0) is 54.1 Å². The van der Waals surface area contributed by atoms with Crippen molar-refractivity contribution in [3.05, 3.63) is 79.8 Å². The summed E-state index contributed by atoms with van der Waals surface area (Å²) in [6.45, 7) is 3.42. The fourth-order valence-electron chi connectivity index (χ4n) is 2.10. The molecular weight excluding hydrogens is 290 g/mol. The Hall–Kier alpha value is -3.27. The van der Waals surface area contributed by atoms with Crippen LogP contribution in [-0.2, 0) is 4.79 Å². The molecule has 4 nitrogen and oxygen atoms in total. The summed E-state index contributed by atoms with van der Waals surface area (Å²) in [5, 5.41) is 2.69. The van der Waals surface area contributed by atoms with Gasteiger partial charge in [-0.3, -0.25) is 4.79 Å². The number of furan rings is 1. The highest BCUT2D eigenvalue weighted by atomic mass is 16.5. The van der Waals surface area contributed by atoms with Crippen LogP contribution in [0.3, 0.4) is 0 Å². The Labute approximate surface area is 134 Å². The van der Waals surface area contributed by atoms with Crippen molar-refractivity contribution in [2.45, 2.75) is 0 Å². The Bertz CT molecular complexity index is 805. The van der Waals surface area contributed by atoms with E-state index in [1.165, 1.54) is 6.08 Å². The third-order valence-corrected chi connectivity index (χ3v) is 3.23. The molecule has 0 unspecified atom stereocenters. The predicted octanol–water partition coefficient (Wildman–Crippen LogP) is 4.86. The number of benzene rings is 2. The van der Waals surface area contributed by atoms with E-state index < -0.39 is 0 Å². The van der Waals surface area contributed by atoms with Gasteiger partial charge in [-0.25, -0.2) is 0 Å². The first-order valence-electron chi connectivity index (χ1n) is 7.08. The number of nitrogens with one attached hydrogen (secondary N) is 1. The van der Waals surface area contributed by atoms with E-state index in [1.54, 1.807) is 36.8 Å². The Morgan fingerprint density at radius 1 is 1.04 bits per heavy atom. The molecule has 1 aromatic heterocycles. The largest absolute Gasteiger partial charge is 0.472 e. The minimum Gasteiger partial charge on any atom is -0.472 e. The maximum Gasteiger partial charge on any atom is 0.247 e. The van der Waals surface area contributed by atoms with E-state index in [1.807, 2.05) is 30.3 Å². The standard InChI is InChI=1S/C19H15NO3/c1-2-19(21)20-16-6-8-17(9-7-16)23-18-5-3-4-14(12-18)15-10-11-22-13-15/h2-13H,1H2,(H,20,21). The number of amides is 1. The van der Waals surface area contributed by atoms with Crippen LogP contribution in [0, 0.1) is 0 Å². The molecule has 0 fully saturated rings. The van der Waals surface area contributed by atoms with E-state index >= 15 is 0 Å². The first-order chi connectivity index (χ1) is 11.2. The lowest BCUT2D eigenvalue weighted by molar-refractivity contribution is -0.111. The maximum absolute atomic E-state index is 11.2. The topological polar surface area (TPSA) is 51.5 Å². The van der Waals surface area contributed by atoms with Crippen LogP contribution in [0.2, 0.25) is 0 Å². The molecule has 114 valence electrons. The summed E-state index contributed by atoms with van der Waals surface area (Å²) in [5.74, 6) is 1.17. The molecule has 0 bridgehead atoms. The lowest BCUT2D eigenvalue weighted by Crippen LogP contribution is -2.06. The maximum atomic E-state index is 11.2. The fourth-order valence-corrected chi connectivity index (χ4v) is 2.10. The molecule has 0 aliphatic rings. The average Bonchev–Trinajstić information content (AvgIpc) is 3.11. The van der Waals surface area contributed by atoms with Gasteiger partial charge in [-0.1, -0.05) is 18.7 Å². The normalized spacial score (nSPS) is 10.1. The number of anilines is 1. The van der Waals surface area contributed by atoms with Crippen LogP contribution in [0.15, 0.2) is 84.2 Å². The highest BCUT2D eigenvalue weighted by Gasteiger charge is 2.03. The molecule has 0 aliphatic carbocycles. The zero-order valence-electron chi connectivity index (χ0n) is 12.4. The minimum atomic E-state index is -0.244. The summed E-state index contributed by atoms with van der Waals surface area (Å²) >= 11 is 0. The van der Waals surface area contributed by atoms with Crippen molar-refractivity contribution < 1.29 is 13.9 Å². The first-order valence-corrected chi connectivity index (χ1v) is 7.08. The van der Waals surface area contributed by atoms with Crippen molar-refractivity contribution in [2.24, 2.45) is 0 Å². The zero-order valence-corrected chi connectivity index (χ0v) is 12.4. The van der Waals surface area contributed by atoms with Crippen LogP contribution in [-0.4, -0.2) is 5.91 Å². The third kappa shape index (κ3) is 3.68. The predicted molar refractivity (Wildman–Crippen MR) is 89.5 cm³/mol. The van der Waals surface area contributed by atoms with E-state index in [0.29, 0.717) is 11.4 Å². The molecule has 0 spiro atoms. The fraction of sp³-hybridized carbons (Fsp3) is 0. The molecule has 2 aromatic carbocycles. The molecule has 0 saturated heterocycles. The molecular formula is C19H15NO3. The summed E-state index contributed by atoms with van der Waals surface area (Å²) in [5.41, 5.74) is 2.71. The van der Waals surface area contributed by atoms with Crippen molar-refractivity contribution in [3.63, 3.8) is 0 Å². The Kier molecular flexibility index (Phi) is 4.25. The Morgan fingerprint density at radius 3 is 2.57 bits per heavy atom. The second-order valence-electron chi connectivity index (χ2n) is 4.86. The molecule has 0 saturated carbocycles. The number of hydrogen-bond acceptors (Lipinski definition) is 3. The monoisotopic (exact) mass is 305 g/mol. The van der Waals surface area contributed by atoms with Gasteiger partial charge < -0.3 is 14.5 Å². The quantitative estimate of drug-likeness (QED) is 0.685. The van der Waals surface area contributed by atoms with Crippen molar-refractivity contribution in [1.29, 1.82) is 0 Å². The molecule has 3 rings (SSSR count). The van der Waals surface area contributed by atoms with Crippen molar-refractivity contribution in [1.82, 2.24) is 0 Å². The number of rotatable bonds is 5. The summed E-state index contributed by atoms with van der Waals surface area (Å²) in [6.07, 6.45) is 4.56. The lowest BCUT2D eigenvalue weighted by atomic mass is 10.1. The van der Waals surface area contributed by atoms with Crippen molar-refractivity contribution in [2.75, 3.05) is 5.32 Å². The SMILES string of the molecule is C=CC(=O)Nc1ccc(Oc2cccc(-c3ccoc3)c2)cc1. The van der Waals surface area contributed by atoms with E-state index in [-0.39, 0.29) is 5.91 Å². The zero-order chi connectivity index (χ0) is 16.1. The number of carbonyl (C=O) groups excluding carboxylic acids is 1. The second-order valence-corrected chi connectivity index (χ2v) is 4.86. The molecule has 0 radical (unpaired) electrons. The van der Waals surface area contributed by atoms with Crippen LogP contribution in [0.1, 0.15) is 0 Å². The second kappa shape index (κ2) is 6.66. The first kappa shape index (κ1) is 14.7. The van der Waals surface area contributed by atoms with E-state index in [4.69, 9.17) is 9.15 Å². The van der Waals surface area contributed by atoms with Crippen LogP contribution < -0.4 is 10.1 Å². The molecule has 4 heteroatoms. The summed E-state index contributed by atoms with van der Waals surface area (Å²) in [4.78, 5) is 11.2. The molecule has 23 heavy (non-hydrogen) atoms. The highest BCUT2D eigenvalue weighted by Crippen LogP contribution is 2.28. The number of ether oxygens (including phenoxy) is 1. The molecule has 1 N–H and O–H groups in total. The highest BCUT2D eigenvalue weighted by molar-refractivity contribution is 5.98. The Morgan fingerprint density at radius 2 is 1.87 bits per heavy atom. The lowest BCUT2D eigenvalue weighted by Gasteiger charge is -2.08. The van der Waals surface area contributed by atoms with E-state index in [0.717, 1.165) is 16.9 Å². The van der Waals surface area contributed by atoms with Gasteiger partial charge in [-0.15, -0.1) is 0 Å². The smallest absolute Gasteiger partial charge is 0.247 e. The van der Waals surface area contributed by atoms with Crippen LogP contribution in [0.4, 0.5) is 5.69 Å². The minimum absolute atomic E-state index is 0.244. The molecule has 1 amide bonds. The van der Waals surface area contributed by atoms with Gasteiger partial charge in [0.1, 0.15) is 11.5 Å². The molecule has 3 aromatic rings. The van der Waals surface area contributed by atoms with Gasteiger partial charge in [0.05, 0.1) is 12.5 Å².